The average molecular weight is 524 g/mol. The van der Waals surface area contributed by atoms with Gasteiger partial charge in [0.15, 0.2) is 5.82 Å². The molecular weight excluding hydrogens is 484 g/mol. The standard InChI is InChI=1S/C27H33F2N7.C2H6/c1-16(2)36-17(3)32-26-21(28)12-20(13-23(26)36)25-22(29)15-31-27(34-25)33-24-6-5-19(14-30-24)11-18-7-9-35(4)10-8-18;1-2/h5-6,12-18,32H,7-11H2,1-4H3,(H,30,31,33,34);1-2H3. The lowest BCUT2D eigenvalue weighted by Crippen LogP contribution is -2.38. The number of anilines is 4. The van der Waals surface area contributed by atoms with E-state index in [1.165, 1.54) is 24.5 Å². The minimum atomic E-state index is -0.614. The van der Waals surface area contributed by atoms with E-state index < -0.39 is 11.6 Å². The first-order chi connectivity index (χ1) is 18.3. The second kappa shape index (κ2) is 12.0. The lowest BCUT2D eigenvalue weighted by Gasteiger charge is -2.28. The maximum atomic E-state index is 15.0. The Labute approximate surface area is 224 Å². The van der Waals surface area contributed by atoms with Crippen LogP contribution in [0.2, 0.25) is 0 Å². The number of fused-ring (bicyclic) bond motifs is 1. The molecule has 2 aliphatic rings. The maximum Gasteiger partial charge on any atom is 0.229 e. The van der Waals surface area contributed by atoms with Crippen LogP contribution in [0.5, 0.6) is 0 Å². The first kappa shape index (κ1) is 27.7. The summed E-state index contributed by atoms with van der Waals surface area (Å²) < 4.78 is 29.8. The van der Waals surface area contributed by atoms with E-state index in [-0.39, 0.29) is 23.8 Å². The highest BCUT2D eigenvalue weighted by atomic mass is 19.1. The summed E-state index contributed by atoms with van der Waals surface area (Å²) in [5.41, 5.74) is 2.72. The monoisotopic (exact) mass is 523 g/mol. The van der Waals surface area contributed by atoms with Gasteiger partial charge in [-0.2, -0.15) is 0 Å². The summed E-state index contributed by atoms with van der Waals surface area (Å²) in [5, 5.41) is 6.22. The fraction of sp³-hybridized carbons (Fsp3) is 0.483. The van der Waals surface area contributed by atoms with Gasteiger partial charge in [-0.05, 0) is 89.9 Å². The van der Waals surface area contributed by atoms with E-state index in [1.807, 2.05) is 46.9 Å². The lowest BCUT2D eigenvalue weighted by molar-refractivity contribution is 0.219. The first-order valence-electron chi connectivity index (χ1n) is 13.6. The minimum Gasteiger partial charge on any atom is -0.361 e. The van der Waals surface area contributed by atoms with Gasteiger partial charge in [0.05, 0.1) is 23.7 Å². The van der Waals surface area contributed by atoms with Crippen LogP contribution < -0.4 is 15.5 Å². The van der Waals surface area contributed by atoms with Crippen LogP contribution in [0.25, 0.3) is 11.3 Å². The van der Waals surface area contributed by atoms with Crippen LogP contribution in [-0.4, -0.2) is 52.2 Å². The molecule has 38 heavy (non-hydrogen) atoms. The Morgan fingerprint density at radius 2 is 1.79 bits per heavy atom. The summed E-state index contributed by atoms with van der Waals surface area (Å²) in [6.45, 7) is 12.3. The molecule has 4 heterocycles. The van der Waals surface area contributed by atoms with Crippen molar-refractivity contribution in [2.24, 2.45) is 5.92 Å². The van der Waals surface area contributed by atoms with Gasteiger partial charge in [-0.25, -0.2) is 23.7 Å². The van der Waals surface area contributed by atoms with Crippen molar-refractivity contribution in [3.63, 3.8) is 0 Å². The molecule has 0 saturated carbocycles. The number of hydrogen-bond acceptors (Lipinski definition) is 7. The van der Waals surface area contributed by atoms with Gasteiger partial charge in [-0.1, -0.05) is 19.9 Å². The molecule has 0 bridgehead atoms. The molecule has 2 N–H and O–H groups in total. The second-order valence-electron chi connectivity index (χ2n) is 10.2. The van der Waals surface area contributed by atoms with Crippen molar-refractivity contribution >= 4 is 23.1 Å². The maximum absolute atomic E-state index is 15.0. The van der Waals surface area contributed by atoms with Gasteiger partial charge in [0.2, 0.25) is 5.95 Å². The molecule has 1 fully saturated rings. The number of benzene rings is 1. The van der Waals surface area contributed by atoms with Gasteiger partial charge in [0, 0.05) is 17.8 Å². The number of aromatic nitrogens is 3. The summed E-state index contributed by atoms with van der Waals surface area (Å²) in [5.74, 6) is 0.407. The molecule has 3 aromatic rings. The van der Waals surface area contributed by atoms with Gasteiger partial charge < -0.3 is 20.4 Å². The van der Waals surface area contributed by atoms with Crippen molar-refractivity contribution < 1.29 is 8.78 Å². The van der Waals surface area contributed by atoms with E-state index >= 15 is 0 Å². The molecule has 0 amide bonds. The van der Waals surface area contributed by atoms with E-state index in [1.54, 1.807) is 6.07 Å². The molecule has 1 atom stereocenters. The van der Waals surface area contributed by atoms with Crippen LogP contribution >= 0.6 is 0 Å². The van der Waals surface area contributed by atoms with Crippen LogP contribution in [-0.2, 0) is 6.42 Å². The summed E-state index contributed by atoms with van der Waals surface area (Å²) in [7, 11) is 2.17. The predicted molar refractivity (Wildman–Crippen MR) is 151 cm³/mol. The largest absolute Gasteiger partial charge is 0.361 e. The molecule has 0 radical (unpaired) electrons. The zero-order valence-corrected chi connectivity index (χ0v) is 23.2. The van der Waals surface area contributed by atoms with Crippen LogP contribution in [0, 0.1) is 17.6 Å². The highest BCUT2D eigenvalue weighted by molar-refractivity contribution is 5.82. The fourth-order valence-corrected chi connectivity index (χ4v) is 5.25. The Balaban J connectivity index is 0.00000164. The van der Waals surface area contributed by atoms with Gasteiger partial charge in [-0.15, -0.1) is 0 Å². The number of rotatable bonds is 6. The third-order valence-corrected chi connectivity index (χ3v) is 7.12. The molecule has 7 nitrogen and oxygen atoms in total. The normalized spacial score (nSPS) is 17.6. The number of piperidine rings is 1. The van der Waals surface area contributed by atoms with Crippen molar-refractivity contribution in [3.8, 4) is 11.3 Å². The Morgan fingerprint density at radius 1 is 1.05 bits per heavy atom. The summed E-state index contributed by atoms with van der Waals surface area (Å²) in [6, 6.07) is 7.18. The smallest absolute Gasteiger partial charge is 0.229 e. The number of hydrogen-bond donors (Lipinski definition) is 2. The number of nitrogens with zero attached hydrogens (tertiary/aromatic N) is 5. The van der Waals surface area contributed by atoms with E-state index in [4.69, 9.17) is 0 Å². The molecule has 9 heteroatoms. The SMILES string of the molecule is CC.CC(C)N1c2cc(-c3nc(Nc4ccc(CC5CCN(C)CC5)cn4)ncc3F)cc(F)c2NC1C. The highest BCUT2D eigenvalue weighted by Crippen LogP contribution is 2.41. The molecule has 204 valence electrons. The van der Waals surface area contributed by atoms with Crippen LogP contribution in [0.3, 0.4) is 0 Å². The number of likely N-dealkylation sites (tertiary alicyclic amines) is 1. The molecule has 0 spiro atoms. The van der Waals surface area contributed by atoms with E-state index in [0.29, 0.717) is 28.7 Å². The third kappa shape index (κ3) is 6.04. The minimum absolute atomic E-state index is 0.0383. The summed E-state index contributed by atoms with van der Waals surface area (Å²) in [4.78, 5) is 17.4. The van der Waals surface area contributed by atoms with E-state index in [0.717, 1.165) is 25.7 Å². The van der Waals surface area contributed by atoms with Crippen molar-refractivity contribution in [2.45, 2.75) is 66.1 Å². The van der Waals surface area contributed by atoms with Crippen molar-refractivity contribution in [1.82, 2.24) is 19.9 Å². The zero-order chi connectivity index (χ0) is 27.4. The zero-order valence-electron chi connectivity index (χ0n) is 23.2. The van der Waals surface area contributed by atoms with Crippen LogP contribution in [0.4, 0.5) is 31.9 Å². The van der Waals surface area contributed by atoms with Crippen molar-refractivity contribution in [1.29, 1.82) is 0 Å². The predicted octanol–water partition coefficient (Wildman–Crippen LogP) is 6.46. The lowest BCUT2D eigenvalue weighted by atomic mass is 9.91. The summed E-state index contributed by atoms with van der Waals surface area (Å²) >= 11 is 0. The Kier molecular flexibility index (Phi) is 8.76. The second-order valence-corrected chi connectivity index (χ2v) is 10.2. The average Bonchev–Trinajstić information content (AvgIpc) is 3.25. The Morgan fingerprint density at radius 3 is 2.45 bits per heavy atom. The van der Waals surface area contributed by atoms with Gasteiger partial charge in [-0.3, -0.25) is 0 Å². The number of pyridine rings is 1. The van der Waals surface area contributed by atoms with E-state index in [2.05, 4.69) is 48.5 Å². The molecule has 5 rings (SSSR count). The topological polar surface area (TPSA) is 69.2 Å². The van der Waals surface area contributed by atoms with Crippen molar-refractivity contribution in [3.05, 3.63) is 53.9 Å². The number of nitrogens with one attached hydrogen (secondary N) is 2. The molecular formula is C29H39F2N7. The van der Waals surface area contributed by atoms with Crippen molar-refractivity contribution in [2.75, 3.05) is 35.7 Å². The molecule has 1 unspecified atom stereocenters. The van der Waals surface area contributed by atoms with Crippen LogP contribution in [0.15, 0.2) is 36.7 Å². The first-order valence-corrected chi connectivity index (χ1v) is 13.6. The Hall–Kier alpha value is -3.33. The fourth-order valence-electron chi connectivity index (χ4n) is 5.25. The molecule has 1 saturated heterocycles. The number of halogens is 2. The molecule has 1 aromatic carbocycles. The molecule has 0 aliphatic carbocycles. The molecule has 2 aliphatic heterocycles. The quantitative estimate of drug-likeness (QED) is 0.384. The van der Waals surface area contributed by atoms with Gasteiger partial charge in [0.25, 0.3) is 0 Å². The molecule has 2 aromatic heterocycles. The highest BCUT2D eigenvalue weighted by Gasteiger charge is 2.31. The van der Waals surface area contributed by atoms with Gasteiger partial charge in [0.1, 0.15) is 17.3 Å². The third-order valence-electron chi connectivity index (χ3n) is 7.12. The van der Waals surface area contributed by atoms with Crippen LogP contribution in [0.1, 0.15) is 53.0 Å². The summed E-state index contributed by atoms with van der Waals surface area (Å²) in [6.07, 6.45) is 6.33. The Bertz CT molecular complexity index is 1220. The van der Waals surface area contributed by atoms with E-state index in [9.17, 15) is 8.78 Å². The van der Waals surface area contributed by atoms with Gasteiger partial charge >= 0.3 is 0 Å².